The molecule has 0 amide bonds. The monoisotopic (exact) mass is 360 g/mol. The van der Waals surface area contributed by atoms with E-state index in [1.54, 1.807) is 25.4 Å². The van der Waals surface area contributed by atoms with Gasteiger partial charge in [0.05, 0.1) is 19.2 Å². The Morgan fingerprint density at radius 2 is 2.00 bits per heavy atom. The van der Waals surface area contributed by atoms with Crippen LogP contribution < -0.4 is 9.64 Å². The number of ether oxygens (including phenoxy) is 2. The fraction of sp³-hybridized carbons (Fsp3) is 0.556. The number of hydrogen-bond donors (Lipinski definition) is 0. The number of hydrogen-bond acceptors (Lipinski definition) is 8. The Morgan fingerprint density at radius 3 is 2.58 bits per heavy atom. The lowest BCUT2D eigenvalue weighted by molar-refractivity contribution is -0.160. The molecule has 0 atom stereocenters. The molecule has 0 saturated carbocycles. The SMILES string of the molecule is COc1ccc(-c2noc(N3CCC(C(=O)OC(C)(C)C)CC3)n2)nc1. The molecule has 1 saturated heterocycles. The minimum atomic E-state index is -0.457. The van der Waals surface area contributed by atoms with E-state index in [0.717, 1.165) is 0 Å². The first-order valence-electron chi connectivity index (χ1n) is 8.67. The zero-order valence-corrected chi connectivity index (χ0v) is 15.6. The molecule has 1 fully saturated rings. The van der Waals surface area contributed by atoms with Gasteiger partial charge in [-0.2, -0.15) is 4.98 Å². The van der Waals surface area contributed by atoms with Gasteiger partial charge in [-0.3, -0.25) is 4.79 Å². The third kappa shape index (κ3) is 4.30. The summed E-state index contributed by atoms with van der Waals surface area (Å²) in [7, 11) is 1.59. The molecule has 26 heavy (non-hydrogen) atoms. The van der Waals surface area contributed by atoms with E-state index in [4.69, 9.17) is 14.0 Å². The first-order valence-corrected chi connectivity index (χ1v) is 8.67. The molecule has 1 aliphatic heterocycles. The molecule has 3 heterocycles. The van der Waals surface area contributed by atoms with Gasteiger partial charge in [-0.05, 0) is 45.7 Å². The fourth-order valence-electron chi connectivity index (χ4n) is 2.77. The van der Waals surface area contributed by atoms with Crippen molar-refractivity contribution in [2.45, 2.75) is 39.2 Å². The highest BCUT2D eigenvalue weighted by Gasteiger charge is 2.30. The predicted octanol–water partition coefficient (Wildman–Crippen LogP) is 2.70. The van der Waals surface area contributed by atoms with Crippen LogP contribution in [0.15, 0.2) is 22.9 Å². The zero-order chi connectivity index (χ0) is 18.7. The Kier molecular flexibility index (Phi) is 5.11. The summed E-state index contributed by atoms with van der Waals surface area (Å²) in [6, 6.07) is 4.02. The molecular formula is C18H24N4O4. The summed E-state index contributed by atoms with van der Waals surface area (Å²) in [5.74, 6) is 0.875. The summed E-state index contributed by atoms with van der Waals surface area (Å²) in [5, 5.41) is 4.00. The van der Waals surface area contributed by atoms with E-state index >= 15 is 0 Å². The highest BCUT2D eigenvalue weighted by Crippen LogP contribution is 2.26. The standard InChI is InChI=1S/C18H24N4O4/c1-18(2,3)25-16(23)12-7-9-22(10-8-12)17-20-15(21-26-17)14-6-5-13(24-4)11-19-14/h5-6,11-12H,7-10H2,1-4H3. The van der Waals surface area contributed by atoms with Gasteiger partial charge in [0.1, 0.15) is 17.0 Å². The third-order valence-electron chi connectivity index (χ3n) is 4.12. The zero-order valence-electron chi connectivity index (χ0n) is 15.6. The third-order valence-corrected chi connectivity index (χ3v) is 4.12. The van der Waals surface area contributed by atoms with Crippen molar-refractivity contribution in [2.75, 3.05) is 25.1 Å². The van der Waals surface area contributed by atoms with E-state index in [9.17, 15) is 4.79 Å². The molecule has 8 heteroatoms. The van der Waals surface area contributed by atoms with Crippen molar-refractivity contribution in [3.63, 3.8) is 0 Å². The topological polar surface area (TPSA) is 90.6 Å². The van der Waals surface area contributed by atoms with E-state index in [1.807, 2.05) is 25.7 Å². The second-order valence-electron chi connectivity index (χ2n) is 7.28. The van der Waals surface area contributed by atoms with E-state index in [1.165, 1.54) is 0 Å². The van der Waals surface area contributed by atoms with Crippen LogP contribution in [0.1, 0.15) is 33.6 Å². The summed E-state index contributed by atoms with van der Waals surface area (Å²) in [6.45, 7) is 6.98. The van der Waals surface area contributed by atoms with E-state index in [2.05, 4.69) is 15.1 Å². The number of esters is 1. The minimum Gasteiger partial charge on any atom is -0.495 e. The Labute approximate surface area is 152 Å². The number of aromatic nitrogens is 3. The first-order chi connectivity index (χ1) is 12.4. The second kappa shape index (κ2) is 7.31. The Balaban J connectivity index is 1.60. The number of anilines is 1. The van der Waals surface area contributed by atoms with Gasteiger partial charge in [-0.15, -0.1) is 0 Å². The number of methoxy groups -OCH3 is 1. The van der Waals surface area contributed by atoms with Gasteiger partial charge in [0, 0.05) is 13.1 Å². The van der Waals surface area contributed by atoms with Crippen molar-refractivity contribution in [1.82, 2.24) is 15.1 Å². The number of carbonyl (C=O) groups excluding carboxylic acids is 1. The smallest absolute Gasteiger partial charge is 0.324 e. The summed E-state index contributed by atoms with van der Waals surface area (Å²) < 4.78 is 15.9. The summed E-state index contributed by atoms with van der Waals surface area (Å²) in [6.07, 6.45) is 3.01. The van der Waals surface area contributed by atoms with Crippen molar-refractivity contribution < 1.29 is 18.8 Å². The lowest BCUT2D eigenvalue weighted by Crippen LogP contribution is -2.39. The van der Waals surface area contributed by atoms with Crippen LogP contribution in [0.25, 0.3) is 11.5 Å². The molecule has 8 nitrogen and oxygen atoms in total. The van der Waals surface area contributed by atoms with Crippen LogP contribution in [0, 0.1) is 5.92 Å². The number of piperidine rings is 1. The van der Waals surface area contributed by atoms with Crippen LogP contribution in [-0.2, 0) is 9.53 Å². The summed E-state index contributed by atoms with van der Waals surface area (Å²) in [4.78, 5) is 22.9. The number of nitrogens with zero attached hydrogens (tertiary/aromatic N) is 4. The number of pyridine rings is 1. The van der Waals surface area contributed by atoms with E-state index in [0.29, 0.717) is 49.2 Å². The van der Waals surface area contributed by atoms with Crippen LogP contribution in [0.2, 0.25) is 0 Å². The molecule has 0 spiro atoms. The molecule has 0 radical (unpaired) electrons. The average Bonchev–Trinajstić information content (AvgIpc) is 3.10. The molecule has 2 aromatic heterocycles. The molecule has 0 bridgehead atoms. The second-order valence-corrected chi connectivity index (χ2v) is 7.28. The van der Waals surface area contributed by atoms with Gasteiger partial charge in [0.2, 0.25) is 5.82 Å². The van der Waals surface area contributed by atoms with Crippen molar-refractivity contribution in [3.8, 4) is 17.3 Å². The maximum Gasteiger partial charge on any atom is 0.324 e. The number of rotatable bonds is 4. The maximum absolute atomic E-state index is 12.2. The molecule has 1 aliphatic rings. The van der Waals surface area contributed by atoms with Crippen LogP contribution in [0.4, 0.5) is 6.01 Å². The lowest BCUT2D eigenvalue weighted by Gasteiger charge is -2.31. The first kappa shape index (κ1) is 18.2. The van der Waals surface area contributed by atoms with Crippen molar-refractivity contribution >= 4 is 12.0 Å². The molecular weight excluding hydrogens is 336 g/mol. The molecule has 0 aromatic carbocycles. The van der Waals surface area contributed by atoms with Crippen molar-refractivity contribution in [2.24, 2.45) is 5.92 Å². The lowest BCUT2D eigenvalue weighted by atomic mass is 9.97. The predicted molar refractivity (Wildman–Crippen MR) is 94.9 cm³/mol. The van der Waals surface area contributed by atoms with E-state index < -0.39 is 5.60 Å². The van der Waals surface area contributed by atoms with Gasteiger partial charge >= 0.3 is 12.0 Å². The van der Waals surface area contributed by atoms with E-state index in [-0.39, 0.29) is 11.9 Å². The van der Waals surface area contributed by atoms with Crippen molar-refractivity contribution in [1.29, 1.82) is 0 Å². The normalized spacial score (nSPS) is 15.8. The molecule has 3 rings (SSSR count). The van der Waals surface area contributed by atoms with Gasteiger partial charge in [-0.25, -0.2) is 4.98 Å². The van der Waals surface area contributed by atoms with Gasteiger partial charge < -0.3 is 18.9 Å². The van der Waals surface area contributed by atoms with Crippen molar-refractivity contribution in [3.05, 3.63) is 18.3 Å². The highest BCUT2D eigenvalue weighted by atomic mass is 16.6. The Hall–Kier alpha value is -2.64. The Bertz CT molecular complexity index is 743. The molecule has 0 unspecified atom stereocenters. The Morgan fingerprint density at radius 1 is 1.27 bits per heavy atom. The van der Waals surface area contributed by atoms with Gasteiger partial charge in [-0.1, -0.05) is 5.16 Å². The quantitative estimate of drug-likeness (QED) is 0.769. The highest BCUT2D eigenvalue weighted by molar-refractivity contribution is 5.73. The molecule has 2 aromatic rings. The maximum atomic E-state index is 12.2. The molecule has 0 N–H and O–H groups in total. The fourth-order valence-corrected chi connectivity index (χ4v) is 2.77. The summed E-state index contributed by atoms with van der Waals surface area (Å²) >= 11 is 0. The van der Waals surface area contributed by atoms with Gasteiger partial charge in [0.15, 0.2) is 0 Å². The van der Waals surface area contributed by atoms with Crippen LogP contribution in [0.3, 0.4) is 0 Å². The minimum absolute atomic E-state index is 0.0869. The van der Waals surface area contributed by atoms with Crippen LogP contribution >= 0.6 is 0 Å². The molecule has 140 valence electrons. The van der Waals surface area contributed by atoms with Crippen LogP contribution in [0.5, 0.6) is 5.75 Å². The largest absolute Gasteiger partial charge is 0.495 e. The molecule has 0 aliphatic carbocycles. The van der Waals surface area contributed by atoms with Gasteiger partial charge in [0.25, 0.3) is 0 Å². The number of carbonyl (C=O) groups is 1. The average molecular weight is 360 g/mol. The summed E-state index contributed by atoms with van der Waals surface area (Å²) in [5.41, 5.74) is 0.158. The van der Waals surface area contributed by atoms with Crippen LogP contribution in [-0.4, -0.2) is 46.9 Å².